The zero-order valence-electron chi connectivity index (χ0n) is 11.2. The topological polar surface area (TPSA) is 35.6 Å². The van der Waals surface area contributed by atoms with Crippen LogP contribution in [0.25, 0.3) is 0 Å². The van der Waals surface area contributed by atoms with Crippen molar-refractivity contribution in [2.24, 2.45) is 0 Å². The maximum absolute atomic E-state index is 3.90. The first-order valence-corrected chi connectivity index (χ1v) is 15.9. The number of nitrogens with zero attached hydrogens (tertiary/aromatic N) is 4. The molecule has 2 aromatic heterocycles. The molecule has 2 aromatic rings. The number of aryl methyl sites for hydroxylation is 2. The number of imidazole rings is 2. The van der Waals surface area contributed by atoms with Gasteiger partial charge < -0.3 is 9.13 Å². The minimum atomic E-state index is 0.208. The number of aromatic nitrogens is 4. The van der Waals surface area contributed by atoms with Gasteiger partial charge in [-0.25, -0.2) is 9.97 Å². The molecule has 19 heavy (non-hydrogen) atoms. The summed E-state index contributed by atoms with van der Waals surface area (Å²) in [6.45, 7) is 6.47. The van der Waals surface area contributed by atoms with E-state index in [2.05, 4.69) is 59.5 Å². The van der Waals surface area contributed by atoms with E-state index < -0.39 is 0 Å². The van der Waals surface area contributed by atoms with Crippen molar-refractivity contribution in [3.05, 3.63) is 37.4 Å². The summed E-state index contributed by atoms with van der Waals surface area (Å²) in [5, 5.41) is 0. The van der Waals surface area contributed by atoms with Gasteiger partial charge in [-0.15, -0.1) is 0 Å². The molecule has 2 rings (SSSR count). The van der Waals surface area contributed by atoms with Gasteiger partial charge in [-0.1, -0.05) is 13.8 Å². The summed E-state index contributed by atoms with van der Waals surface area (Å²) in [4.78, 5) is 7.81. The Labute approximate surface area is 136 Å². The monoisotopic (exact) mass is 573 g/mol. The van der Waals surface area contributed by atoms with Gasteiger partial charge in [-0.05, 0) is 12.8 Å². The third-order valence-electron chi connectivity index (χ3n) is 2.08. The average Bonchev–Trinajstić information content (AvgIpc) is 3.05. The van der Waals surface area contributed by atoms with Gasteiger partial charge >= 0.3 is 41.0 Å². The molecule has 0 saturated carbocycles. The second-order valence-electron chi connectivity index (χ2n) is 3.65. The van der Waals surface area contributed by atoms with Crippen LogP contribution in [0.15, 0.2) is 37.4 Å². The van der Waals surface area contributed by atoms with E-state index in [-0.39, 0.29) is 14.5 Å². The van der Waals surface area contributed by atoms with Gasteiger partial charge in [0.2, 0.25) is 0 Å². The summed E-state index contributed by atoms with van der Waals surface area (Å²) >= 11 is 6.56. The van der Waals surface area contributed by atoms with E-state index in [0.29, 0.717) is 0 Å². The number of hydrogen-bond donors (Lipinski definition) is 0. The Kier molecular flexibility index (Phi) is 14.5. The molecule has 0 unspecified atom stereocenters. The molecule has 0 saturated heterocycles. The minimum absolute atomic E-state index is 0.208. The summed E-state index contributed by atoms with van der Waals surface area (Å²) in [5.74, 6) is 0. The van der Waals surface area contributed by atoms with Crippen LogP contribution in [-0.4, -0.2) is 19.1 Å². The van der Waals surface area contributed by atoms with Crippen molar-refractivity contribution in [3.63, 3.8) is 0 Å². The number of rotatable bonds is 4. The van der Waals surface area contributed by atoms with Crippen molar-refractivity contribution in [2.75, 3.05) is 0 Å². The molecule has 0 atom stereocenters. The summed E-state index contributed by atoms with van der Waals surface area (Å²) < 4.78 is 4.14. The van der Waals surface area contributed by atoms with Crippen LogP contribution in [0.1, 0.15) is 26.7 Å². The van der Waals surface area contributed by atoms with Gasteiger partial charge in [0.1, 0.15) is 0 Å². The van der Waals surface area contributed by atoms with Crippen molar-refractivity contribution >= 4 is 26.6 Å². The summed E-state index contributed by atoms with van der Waals surface area (Å²) in [6, 6.07) is 0. The average molecular weight is 575 g/mol. The first kappa shape index (κ1) is 19.1. The van der Waals surface area contributed by atoms with Crippen LogP contribution in [0.5, 0.6) is 0 Å². The van der Waals surface area contributed by atoms with E-state index in [1.807, 2.05) is 25.0 Å². The predicted octanol–water partition coefficient (Wildman–Crippen LogP) is 4.27. The van der Waals surface area contributed by atoms with Crippen molar-refractivity contribution in [1.82, 2.24) is 19.1 Å². The van der Waals surface area contributed by atoms with E-state index >= 15 is 0 Å². The SMILES string of the molecule is CCCn1ccnc1.CCCn1ccnc1.[Br][Pt][Br]. The van der Waals surface area contributed by atoms with Crippen molar-refractivity contribution in [1.29, 1.82) is 0 Å². The fraction of sp³-hybridized carbons (Fsp3) is 0.500. The standard InChI is InChI=1S/2C6H10N2.2BrH.Pt/c2*1-2-4-8-5-3-7-6-8;;;/h2*3,5-6H,2,4H2,1H3;2*1H;/q;;;;+2/p-2. The molecule has 2 heterocycles. The normalized spacial score (nSPS) is 9.26. The first-order chi connectivity index (χ1) is 9.28. The predicted molar refractivity (Wildman–Crippen MR) is 82.9 cm³/mol. The fourth-order valence-electron chi connectivity index (χ4n) is 1.35. The van der Waals surface area contributed by atoms with Gasteiger partial charge in [0.05, 0.1) is 12.7 Å². The Balaban J connectivity index is 0.000000284. The zero-order valence-corrected chi connectivity index (χ0v) is 16.6. The molecular formula is C12H20Br2N4Pt. The number of hydrogen-bond acceptors (Lipinski definition) is 2. The summed E-state index contributed by atoms with van der Waals surface area (Å²) in [7, 11) is 0. The quantitative estimate of drug-likeness (QED) is 0.547. The summed E-state index contributed by atoms with van der Waals surface area (Å²) in [5.41, 5.74) is 0. The Bertz CT molecular complexity index is 329. The van der Waals surface area contributed by atoms with Crippen LogP contribution in [0.2, 0.25) is 0 Å². The van der Waals surface area contributed by atoms with E-state index in [4.69, 9.17) is 0 Å². The maximum atomic E-state index is 3.90. The second-order valence-corrected chi connectivity index (χ2v) is 13.6. The molecule has 0 amide bonds. The van der Waals surface area contributed by atoms with Crippen molar-refractivity contribution in [3.8, 4) is 0 Å². The van der Waals surface area contributed by atoms with Gasteiger partial charge in [-0.3, -0.25) is 0 Å². The molecule has 0 spiro atoms. The van der Waals surface area contributed by atoms with E-state index in [1.165, 1.54) is 12.8 Å². The Morgan fingerprint density at radius 1 is 0.895 bits per heavy atom. The van der Waals surface area contributed by atoms with Crippen LogP contribution >= 0.6 is 26.6 Å². The molecule has 0 aromatic carbocycles. The van der Waals surface area contributed by atoms with Crippen molar-refractivity contribution < 1.29 is 14.5 Å². The molecular weight excluding hydrogens is 555 g/mol. The third kappa shape index (κ3) is 11.6. The van der Waals surface area contributed by atoms with Crippen LogP contribution < -0.4 is 0 Å². The molecule has 0 aliphatic rings. The van der Waals surface area contributed by atoms with Crippen molar-refractivity contribution in [2.45, 2.75) is 39.8 Å². The fourth-order valence-corrected chi connectivity index (χ4v) is 1.35. The van der Waals surface area contributed by atoms with Gasteiger partial charge in [0.25, 0.3) is 0 Å². The Morgan fingerprint density at radius 3 is 1.47 bits per heavy atom. The molecule has 0 radical (unpaired) electrons. The Morgan fingerprint density at radius 2 is 1.26 bits per heavy atom. The molecule has 0 aliphatic heterocycles. The Hall–Kier alpha value is 0.0683. The van der Waals surface area contributed by atoms with Crippen LogP contribution in [0.4, 0.5) is 0 Å². The van der Waals surface area contributed by atoms with Gasteiger partial charge in [0, 0.05) is 37.9 Å². The molecule has 0 fully saturated rings. The molecule has 4 nitrogen and oxygen atoms in total. The van der Waals surface area contributed by atoms with Gasteiger partial charge in [-0.2, -0.15) is 0 Å². The third-order valence-corrected chi connectivity index (χ3v) is 2.08. The zero-order chi connectivity index (χ0) is 14.3. The molecule has 0 N–H and O–H groups in total. The summed E-state index contributed by atoms with van der Waals surface area (Å²) in [6.07, 6.45) is 13.6. The molecule has 7 heteroatoms. The van der Waals surface area contributed by atoms with E-state index in [9.17, 15) is 0 Å². The first-order valence-electron chi connectivity index (χ1n) is 6.02. The number of halogens is 2. The molecule has 0 bridgehead atoms. The second kappa shape index (κ2) is 14.5. The van der Waals surface area contributed by atoms with Gasteiger partial charge in [0.15, 0.2) is 0 Å². The van der Waals surface area contributed by atoms with Crippen LogP contribution in [-0.2, 0) is 27.5 Å². The van der Waals surface area contributed by atoms with E-state index in [1.54, 1.807) is 12.4 Å². The van der Waals surface area contributed by atoms with Crippen LogP contribution in [0, 0.1) is 0 Å². The van der Waals surface area contributed by atoms with Crippen LogP contribution in [0.3, 0.4) is 0 Å². The molecule has 0 aliphatic carbocycles. The molecule has 112 valence electrons. The van der Waals surface area contributed by atoms with E-state index in [0.717, 1.165) is 13.1 Å².